The highest BCUT2D eigenvalue weighted by molar-refractivity contribution is 9.10. The molecule has 1 aliphatic rings. The number of fused-ring (bicyclic) bond motifs is 1. The van der Waals surface area contributed by atoms with Crippen LogP contribution in [-0.4, -0.2) is 35.6 Å². The predicted octanol–water partition coefficient (Wildman–Crippen LogP) is 4.22. The van der Waals surface area contributed by atoms with Crippen LogP contribution in [0.5, 0.6) is 0 Å². The van der Waals surface area contributed by atoms with E-state index in [1.54, 1.807) is 17.0 Å². The molecule has 2 aromatic rings. The van der Waals surface area contributed by atoms with Gasteiger partial charge in [-0.2, -0.15) is 5.26 Å². The van der Waals surface area contributed by atoms with E-state index in [-0.39, 0.29) is 38.0 Å². The van der Waals surface area contributed by atoms with Gasteiger partial charge in [0.25, 0.3) is 0 Å². The van der Waals surface area contributed by atoms with Crippen molar-refractivity contribution in [1.82, 2.24) is 4.90 Å². The van der Waals surface area contributed by atoms with Crippen molar-refractivity contribution >= 4 is 38.2 Å². The second-order valence-corrected chi connectivity index (χ2v) is 9.12. The highest BCUT2D eigenvalue weighted by atomic mass is 79.9. The number of thiophene rings is 1. The summed E-state index contributed by atoms with van der Waals surface area (Å²) in [5.74, 6) is -0.632. The van der Waals surface area contributed by atoms with Gasteiger partial charge < -0.3 is 10.4 Å². The van der Waals surface area contributed by atoms with E-state index < -0.39 is 0 Å². The average molecular weight is 480 g/mol. The maximum absolute atomic E-state index is 14.1. The average Bonchev–Trinajstić information content (AvgIpc) is 2.84. The molecular weight excluding hydrogens is 457 g/mol. The molecule has 1 heterocycles. The van der Waals surface area contributed by atoms with Crippen molar-refractivity contribution in [1.29, 1.82) is 5.26 Å². The van der Waals surface area contributed by atoms with Gasteiger partial charge in [-0.25, -0.2) is 4.39 Å². The summed E-state index contributed by atoms with van der Waals surface area (Å²) in [6.45, 7) is 0.302. The minimum atomic E-state index is -0.356. The summed E-state index contributed by atoms with van der Waals surface area (Å²) in [5, 5.41) is 22.4. The standard InChI is InChI=1S/C21H23BrFN3O2S/c22-15-6-7-18(23)14(10-15)12-26(8-9-27)13-20(28)25-21-17(11-24)16-4-2-1-3-5-19(16)29-21/h6-7,10,27H,1-5,8-9,12-13H2,(H,25,28). The minimum Gasteiger partial charge on any atom is -0.395 e. The molecule has 1 amide bonds. The zero-order valence-electron chi connectivity index (χ0n) is 16.0. The summed E-state index contributed by atoms with van der Waals surface area (Å²) in [6, 6.07) is 6.91. The fourth-order valence-electron chi connectivity index (χ4n) is 3.58. The van der Waals surface area contributed by atoms with Crippen molar-refractivity contribution in [3.8, 4) is 6.07 Å². The van der Waals surface area contributed by atoms with Gasteiger partial charge in [-0.1, -0.05) is 22.4 Å². The lowest BCUT2D eigenvalue weighted by molar-refractivity contribution is -0.117. The van der Waals surface area contributed by atoms with E-state index in [0.717, 1.165) is 42.1 Å². The highest BCUT2D eigenvalue weighted by Crippen LogP contribution is 2.37. The molecule has 0 aliphatic heterocycles. The van der Waals surface area contributed by atoms with Gasteiger partial charge in [-0.3, -0.25) is 9.69 Å². The summed E-state index contributed by atoms with van der Waals surface area (Å²) in [6.07, 6.45) is 5.16. The number of nitrogens with one attached hydrogen (secondary N) is 1. The number of nitriles is 1. The molecule has 2 N–H and O–H groups in total. The van der Waals surface area contributed by atoms with Crippen molar-refractivity contribution in [2.75, 3.05) is 25.0 Å². The molecule has 154 valence electrons. The molecule has 5 nitrogen and oxygen atoms in total. The van der Waals surface area contributed by atoms with E-state index in [1.807, 2.05) is 0 Å². The molecule has 0 unspecified atom stereocenters. The Morgan fingerprint density at radius 2 is 2.14 bits per heavy atom. The summed E-state index contributed by atoms with van der Waals surface area (Å²) in [5.41, 5.74) is 2.10. The maximum atomic E-state index is 14.1. The van der Waals surface area contributed by atoms with Crippen LogP contribution in [0.1, 0.15) is 40.8 Å². The number of hydrogen-bond donors (Lipinski definition) is 2. The fraction of sp³-hybridized carbons (Fsp3) is 0.429. The van der Waals surface area contributed by atoms with Gasteiger partial charge in [0.15, 0.2) is 0 Å². The van der Waals surface area contributed by atoms with Crippen LogP contribution in [0, 0.1) is 17.1 Å². The number of anilines is 1. The van der Waals surface area contributed by atoms with Crippen LogP contribution < -0.4 is 5.32 Å². The number of carbonyl (C=O) groups excluding carboxylic acids is 1. The molecule has 0 bridgehead atoms. The van der Waals surface area contributed by atoms with Crippen molar-refractivity contribution in [3.05, 3.63) is 50.1 Å². The lowest BCUT2D eigenvalue weighted by Crippen LogP contribution is -2.35. The van der Waals surface area contributed by atoms with E-state index in [0.29, 0.717) is 16.1 Å². The predicted molar refractivity (Wildman–Crippen MR) is 115 cm³/mol. The molecule has 0 atom stereocenters. The maximum Gasteiger partial charge on any atom is 0.239 e. The van der Waals surface area contributed by atoms with Gasteiger partial charge >= 0.3 is 0 Å². The summed E-state index contributed by atoms with van der Waals surface area (Å²) in [4.78, 5) is 15.5. The third kappa shape index (κ3) is 5.64. The lowest BCUT2D eigenvalue weighted by Gasteiger charge is -2.21. The van der Waals surface area contributed by atoms with E-state index in [1.165, 1.54) is 22.3 Å². The number of aliphatic hydroxyl groups is 1. The van der Waals surface area contributed by atoms with E-state index in [4.69, 9.17) is 0 Å². The molecule has 1 aromatic carbocycles. The number of carbonyl (C=O) groups is 1. The Balaban J connectivity index is 1.71. The van der Waals surface area contributed by atoms with Gasteiger partial charge in [-0.15, -0.1) is 11.3 Å². The second-order valence-electron chi connectivity index (χ2n) is 7.10. The quantitative estimate of drug-likeness (QED) is 0.582. The van der Waals surface area contributed by atoms with Gasteiger partial charge in [0.2, 0.25) is 5.91 Å². The smallest absolute Gasteiger partial charge is 0.239 e. The van der Waals surface area contributed by atoms with Gasteiger partial charge in [0, 0.05) is 28.0 Å². The van der Waals surface area contributed by atoms with Crippen LogP contribution in [0.2, 0.25) is 0 Å². The number of hydrogen-bond acceptors (Lipinski definition) is 5. The molecule has 1 aromatic heterocycles. The fourth-order valence-corrected chi connectivity index (χ4v) is 5.24. The van der Waals surface area contributed by atoms with Crippen LogP contribution in [0.4, 0.5) is 9.39 Å². The molecule has 3 rings (SSSR count). The molecule has 0 fully saturated rings. The third-order valence-corrected chi connectivity index (χ3v) is 6.67. The van der Waals surface area contributed by atoms with Crippen molar-refractivity contribution < 1.29 is 14.3 Å². The number of nitrogens with zero attached hydrogens (tertiary/aromatic N) is 2. The summed E-state index contributed by atoms with van der Waals surface area (Å²) >= 11 is 4.81. The zero-order chi connectivity index (χ0) is 20.8. The second kappa shape index (κ2) is 10.3. The molecule has 0 saturated heterocycles. The first-order chi connectivity index (χ1) is 14.0. The zero-order valence-corrected chi connectivity index (χ0v) is 18.4. The Kier molecular flexibility index (Phi) is 7.78. The van der Waals surface area contributed by atoms with Crippen molar-refractivity contribution in [2.45, 2.75) is 38.6 Å². The molecule has 1 aliphatic carbocycles. The highest BCUT2D eigenvalue weighted by Gasteiger charge is 2.22. The van der Waals surface area contributed by atoms with Crippen molar-refractivity contribution in [2.24, 2.45) is 0 Å². The van der Waals surface area contributed by atoms with E-state index in [9.17, 15) is 19.6 Å². The number of aryl methyl sites for hydroxylation is 1. The topological polar surface area (TPSA) is 76.4 Å². The molecule has 29 heavy (non-hydrogen) atoms. The monoisotopic (exact) mass is 479 g/mol. The SMILES string of the molecule is N#Cc1c(NC(=O)CN(CCO)Cc2cc(Br)ccc2F)sc2c1CCCCC2. The molecule has 0 radical (unpaired) electrons. The molecule has 8 heteroatoms. The van der Waals surface area contributed by atoms with Gasteiger partial charge in [0.1, 0.15) is 16.9 Å². The molecule has 0 spiro atoms. The van der Waals surface area contributed by atoms with Crippen LogP contribution in [-0.2, 0) is 24.2 Å². The van der Waals surface area contributed by atoms with Gasteiger partial charge in [-0.05, 0) is 49.4 Å². The minimum absolute atomic E-state index is 0.0000510. The first-order valence-corrected chi connectivity index (χ1v) is 11.2. The van der Waals surface area contributed by atoms with Crippen LogP contribution >= 0.6 is 27.3 Å². The summed E-state index contributed by atoms with van der Waals surface area (Å²) < 4.78 is 14.8. The Morgan fingerprint density at radius 3 is 2.90 bits per heavy atom. The number of benzene rings is 1. The Hall–Kier alpha value is -1.79. The third-order valence-electron chi connectivity index (χ3n) is 4.97. The normalized spacial score (nSPS) is 13.6. The van der Waals surface area contributed by atoms with Crippen LogP contribution in [0.15, 0.2) is 22.7 Å². The van der Waals surface area contributed by atoms with Crippen LogP contribution in [0.25, 0.3) is 0 Å². The lowest BCUT2D eigenvalue weighted by atomic mass is 10.1. The Morgan fingerprint density at radius 1 is 1.34 bits per heavy atom. The largest absolute Gasteiger partial charge is 0.395 e. The Bertz CT molecular complexity index is 925. The Labute approximate surface area is 182 Å². The number of rotatable bonds is 7. The number of halogens is 2. The van der Waals surface area contributed by atoms with Crippen LogP contribution in [0.3, 0.4) is 0 Å². The number of aliphatic hydroxyl groups excluding tert-OH is 1. The summed E-state index contributed by atoms with van der Waals surface area (Å²) in [7, 11) is 0. The van der Waals surface area contributed by atoms with Gasteiger partial charge in [0.05, 0.1) is 18.7 Å². The molecule has 0 saturated carbocycles. The number of amides is 1. The molecular formula is C21H23BrFN3O2S. The first-order valence-electron chi connectivity index (χ1n) is 9.63. The van der Waals surface area contributed by atoms with Crippen molar-refractivity contribution in [3.63, 3.8) is 0 Å². The first kappa shape index (κ1) is 21.9. The van der Waals surface area contributed by atoms with E-state index in [2.05, 4.69) is 27.3 Å². The van der Waals surface area contributed by atoms with E-state index >= 15 is 0 Å².